The lowest BCUT2D eigenvalue weighted by molar-refractivity contribution is -0.143. The van der Waals surface area contributed by atoms with Crippen molar-refractivity contribution in [1.82, 2.24) is 47.9 Å². The number of carbonyl (C=O) groups excluding carboxylic acids is 9. The van der Waals surface area contributed by atoms with E-state index in [0.29, 0.717) is 17.7 Å². The molecule has 23 N–H and O–H groups in total. The number of carboxylic acids is 2. The number of nitrogens with zero attached hydrogens (tertiary/aromatic N) is 2. The third-order valence-electron chi connectivity index (χ3n) is 12.9. The fourth-order valence-corrected chi connectivity index (χ4v) is 9.00. The highest BCUT2D eigenvalue weighted by molar-refractivity contribution is 7.98. The second kappa shape index (κ2) is 40.0. The second-order valence-corrected chi connectivity index (χ2v) is 23.9. The first-order valence-electron chi connectivity index (χ1n) is 28.3. The van der Waals surface area contributed by atoms with Crippen molar-refractivity contribution < 1.29 is 81.8 Å². The van der Waals surface area contributed by atoms with Gasteiger partial charge in [0.15, 0.2) is 11.9 Å². The summed E-state index contributed by atoms with van der Waals surface area (Å²) in [6.07, 6.45) is 0.673. The number of amides is 9. The number of hydrogen-bond donors (Lipinski definition) is 18. The molecule has 33 nitrogen and oxygen atoms in total. The van der Waals surface area contributed by atoms with Crippen LogP contribution in [0.4, 0.5) is 0 Å². The standard InChI is InChI=1S/C53H91N16O17PS/c1-27(2)24-36(46(76)63-33(16-12-21-59-52(55)56)44(74)64-35(51(81)82)18-19-39(70)71)65-49(79)41(29(5)6)69-48(78)38(26-86-87(83,84)85)67-47(77)37(25-31-14-10-9-11-15-31)66-50(80)40(28(3)4)68-45(75)34(17-13-22-60-53(57)58)62-42(72)30(7)61-43(73)32(54)20-23-88-8/h9-11,14-15,27-30,32-38,40-41H,12-13,16-26,54H2,1-8H3,(H,61,73)(H,62,72)(H,63,76)(H,64,74)(H,65,79)(H,66,80)(H,67,77)(H,68,75)(H,69,78)(H,70,71)(H,81,82)(H4,55,56,59)(H4,57,58,60)(H2,83,84,85)/t30-,32-,33-,34-,35-,36-,37-,38-,40-,41-/m0/s1. The van der Waals surface area contributed by atoms with E-state index < -0.39 is 165 Å². The molecule has 0 unspecified atom stereocenters. The Morgan fingerprint density at radius 3 is 1.43 bits per heavy atom. The van der Waals surface area contributed by atoms with Crippen LogP contribution < -0.4 is 76.5 Å². The number of benzene rings is 1. The maximum absolute atomic E-state index is 14.5. The number of aliphatic carboxylic acids is 2. The van der Waals surface area contributed by atoms with Gasteiger partial charge in [-0.3, -0.25) is 62.5 Å². The zero-order valence-corrected chi connectivity index (χ0v) is 52.5. The number of aliphatic imine (C=N–C) groups is 2. The third-order valence-corrected chi connectivity index (χ3v) is 14.1. The molecule has 1 rings (SSSR count). The summed E-state index contributed by atoms with van der Waals surface area (Å²) in [5.41, 5.74) is 28.2. The van der Waals surface area contributed by atoms with Crippen molar-refractivity contribution >= 4 is 96.6 Å². The Labute approximate surface area is 515 Å². The molecule has 10 atom stereocenters. The molecule has 1 aromatic rings. The summed E-state index contributed by atoms with van der Waals surface area (Å²) >= 11 is 1.48. The molecule has 1 aromatic carbocycles. The van der Waals surface area contributed by atoms with E-state index in [1.165, 1.54) is 32.5 Å². The molecule has 0 saturated heterocycles. The molecule has 0 spiro atoms. The lowest BCUT2D eigenvalue weighted by atomic mass is 9.99. The van der Waals surface area contributed by atoms with Gasteiger partial charge >= 0.3 is 19.8 Å². The molecule has 0 aliphatic heterocycles. The number of hydrogen-bond acceptors (Lipinski definition) is 17. The first-order valence-corrected chi connectivity index (χ1v) is 31.3. The molecule has 0 aliphatic rings. The molecule has 0 aliphatic carbocycles. The first-order chi connectivity index (χ1) is 41.1. The van der Waals surface area contributed by atoms with E-state index in [-0.39, 0.29) is 69.5 Å². The monoisotopic (exact) mass is 1290 g/mol. The number of phosphoric acid groups is 1. The summed E-state index contributed by atoms with van der Waals surface area (Å²) in [7, 11) is -5.39. The fraction of sp³-hybridized carbons (Fsp3) is 0.642. The Bertz CT molecular complexity index is 2610. The van der Waals surface area contributed by atoms with Crippen LogP contribution in [0, 0.1) is 17.8 Å². The van der Waals surface area contributed by atoms with Crippen LogP contribution in [0.15, 0.2) is 40.3 Å². The first kappa shape index (κ1) is 78.4. The van der Waals surface area contributed by atoms with Gasteiger partial charge in [-0.15, -0.1) is 0 Å². The number of carboxylic acid groups (broad SMARTS) is 2. The molecule has 0 fully saturated rings. The lowest BCUT2D eigenvalue weighted by Crippen LogP contribution is -2.62. The summed E-state index contributed by atoms with van der Waals surface area (Å²) < 4.78 is 16.8. The molecule has 0 saturated carbocycles. The van der Waals surface area contributed by atoms with E-state index in [1.54, 1.807) is 58.0 Å². The Hall–Kier alpha value is -7.65. The molecule has 9 amide bonds. The third kappa shape index (κ3) is 31.8. The SMILES string of the molecule is CSCC[C@H](N)C(=O)N[C@@H](C)C(=O)N[C@@H](CCCN=C(N)N)C(=O)N[C@H](C(=O)N[C@@H](Cc1ccccc1)C(=O)N[C@@H](COP(=O)(O)O)C(=O)N[C@H](C(=O)N[C@@H](CC(C)C)C(=O)N[C@@H](CCCN=C(N)N)C(=O)N[C@@H](CCC(=O)O)C(=O)O)C(C)C)C(C)C. The van der Waals surface area contributed by atoms with Crippen molar-refractivity contribution in [3.05, 3.63) is 35.9 Å². The van der Waals surface area contributed by atoms with Crippen LogP contribution in [0.25, 0.3) is 0 Å². The zero-order valence-electron chi connectivity index (χ0n) is 50.8. The van der Waals surface area contributed by atoms with Gasteiger partial charge in [-0.25, -0.2) is 9.36 Å². The van der Waals surface area contributed by atoms with E-state index in [9.17, 15) is 72.2 Å². The molecular formula is C53H91N16O17PS. The van der Waals surface area contributed by atoms with E-state index in [4.69, 9.17) is 33.8 Å². The molecule has 0 bridgehead atoms. The van der Waals surface area contributed by atoms with Gasteiger partial charge in [0.1, 0.15) is 54.4 Å². The number of nitrogens with two attached hydrogens (primary N) is 5. The number of thioether (sulfide) groups is 1. The molecule has 0 heterocycles. The summed E-state index contributed by atoms with van der Waals surface area (Å²) in [6.45, 7) is 9.72. The average Bonchev–Trinajstić information content (AvgIpc) is 3.50. The topological polar surface area (TPSA) is 558 Å². The molecule has 35 heteroatoms. The smallest absolute Gasteiger partial charge is 0.469 e. The van der Waals surface area contributed by atoms with Crippen LogP contribution in [0.2, 0.25) is 0 Å². The summed E-state index contributed by atoms with van der Waals surface area (Å²) in [6, 6.07) is -6.51. The predicted molar refractivity (Wildman–Crippen MR) is 326 cm³/mol. The normalized spacial score (nSPS) is 14.8. The van der Waals surface area contributed by atoms with Crippen molar-refractivity contribution in [3.8, 4) is 0 Å². The van der Waals surface area contributed by atoms with Crippen molar-refractivity contribution in [1.29, 1.82) is 0 Å². The van der Waals surface area contributed by atoms with Crippen LogP contribution in [0.1, 0.15) is 105 Å². The number of phosphoric ester groups is 1. The quantitative estimate of drug-likeness (QED) is 0.0129. The number of guanidine groups is 2. The molecular weight excluding hydrogens is 1200 g/mol. The van der Waals surface area contributed by atoms with E-state index >= 15 is 0 Å². The van der Waals surface area contributed by atoms with Crippen LogP contribution in [-0.2, 0) is 68.2 Å². The largest absolute Gasteiger partial charge is 0.481 e. The van der Waals surface area contributed by atoms with Crippen LogP contribution in [-0.4, -0.2) is 189 Å². The van der Waals surface area contributed by atoms with Gasteiger partial charge in [-0.1, -0.05) is 71.9 Å². The fourth-order valence-electron chi connectivity index (χ4n) is 8.16. The maximum Gasteiger partial charge on any atom is 0.469 e. The Morgan fingerprint density at radius 1 is 0.545 bits per heavy atom. The summed E-state index contributed by atoms with van der Waals surface area (Å²) in [5, 5.41) is 41.2. The van der Waals surface area contributed by atoms with E-state index in [1.807, 2.05) is 6.26 Å². The highest BCUT2D eigenvalue weighted by Gasteiger charge is 2.38. The van der Waals surface area contributed by atoms with Crippen molar-refractivity contribution in [3.63, 3.8) is 0 Å². The highest BCUT2D eigenvalue weighted by atomic mass is 32.2. The molecule has 496 valence electrons. The van der Waals surface area contributed by atoms with Crippen molar-refractivity contribution in [2.75, 3.05) is 31.7 Å². The molecule has 0 radical (unpaired) electrons. The average molecular weight is 1290 g/mol. The number of rotatable bonds is 42. The minimum Gasteiger partial charge on any atom is -0.481 e. The van der Waals surface area contributed by atoms with Gasteiger partial charge < -0.3 is 96.5 Å². The van der Waals surface area contributed by atoms with Crippen LogP contribution in [0.5, 0.6) is 0 Å². The van der Waals surface area contributed by atoms with Crippen molar-refractivity contribution in [2.24, 2.45) is 56.4 Å². The minimum atomic E-state index is -5.39. The van der Waals surface area contributed by atoms with Crippen LogP contribution >= 0.6 is 19.6 Å². The Balaban J connectivity index is 3.67. The van der Waals surface area contributed by atoms with Gasteiger partial charge in [0, 0.05) is 25.9 Å². The van der Waals surface area contributed by atoms with Gasteiger partial charge in [0.2, 0.25) is 53.2 Å². The predicted octanol–water partition coefficient (Wildman–Crippen LogP) is -3.78. The summed E-state index contributed by atoms with van der Waals surface area (Å²) in [4.78, 5) is 176. The van der Waals surface area contributed by atoms with E-state index in [0.717, 1.165) is 0 Å². The van der Waals surface area contributed by atoms with Gasteiger partial charge in [-0.05, 0) is 87.2 Å². The second-order valence-electron chi connectivity index (χ2n) is 21.7. The van der Waals surface area contributed by atoms with Crippen molar-refractivity contribution in [2.45, 2.75) is 167 Å². The lowest BCUT2D eigenvalue weighted by Gasteiger charge is -2.30. The maximum atomic E-state index is 14.5. The van der Waals surface area contributed by atoms with Gasteiger partial charge in [-0.2, -0.15) is 11.8 Å². The highest BCUT2D eigenvalue weighted by Crippen LogP contribution is 2.35. The molecule has 88 heavy (non-hydrogen) atoms. The number of carbonyl (C=O) groups is 11. The van der Waals surface area contributed by atoms with Crippen LogP contribution in [0.3, 0.4) is 0 Å². The number of nitrogens with one attached hydrogen (secondary N) is 9. The Morgan fingerprint density at radius 2 is 0.977 bits per heavy atom. The Kier molecular flexibility index (Phi) is 35.6. The van der Waals surface area contributed by atoms with Gasteiger partial charge in [0.25, 0.3) is 0 Å². The van der Waals surface area contributed by atoms with Gasteiger partial charge in [0.05, 0.1) is 12.6 Å². The summed E-state index contributed by atoms with van der Waals surface area (Å²) in [5.74, 6) is -13.1. The minimum absolute atomic E-state index is 0.0258. The molecule has 0 aromatic heterocycles. The zero-order chi connectivity index (χ0) is 67.0. The van der Waals surface area contributed by atoms with E-state index in [2.05, 4.69) is 62.4 Å².